The molecule has 1 saturated heterocycles. The molecule has 1 amide bonds. The van der Waals surface area contributed by atoms with Crippen LogP contribution in [0.5, 0.6) is 0 Å². The Labute approximate surface area is 223 Å². The molecule has 1 aliphatic rings. The Bertz CT molecular complexity index is 1460. The first-order valence-corrected chi connectivity index (χ1v) is 12.2. The van der Waals surface area contributed by atoms with Gasteiger partial charge in [0, 0.05) is 19.0 Å². The standard InChI is InChI=1S/C28H22F7N3O2/c1-15(17-10-18(27(30,31)32)12-19(11-17)28(33,34)35)40-24-14-38(13-21(24)16-6-8-20(29)9-7-16)26(39)25-36-22-4-2-3-5-23(22)37-25/h2-12,15,21,24H,13-14H2,1H3,(H,36,37). The van der Waals surface area contributed by atoms with Gasteiger partial charge in [-0.1, -0.05) is 24.3 Å². The van der Waals surface area contributed by atoms with Gasteiger partial charge in [0.2, 0.25) is 0 Å². The number of para-hydroxylation sites is 2. The quantitative estimate of drug-likeness (QED) is 0.262. The third-order valence-electron chi connectivity index (χ3n) is 6.90. The summed E-state index contributed by atoms with van der Waals surface area (Å²) in [4.78, 5) is 22.0. The lowest BCUT2D eigenvalue weighted by Gasteiger charge is -2.25. The van der Waals surface area contributed by atoms with E-state index in [2.05, 4.69) is 9.97 Å². The van der Waals surface area contributed by atoms with Crippen molar-refractivity contribution in [3.05, 3.63) is 101 Å². The van der Waals surface area contributed by atoms with Gasteiger partial charge in [-0.3, -0.25) is 4.79 Å². The number of ether oxygens (including phenoxy) is 1. The van der Waals surface area contributed by atoms with E-state index in [1.54, 1.807) is 24.3 Å². The fourth-order valence-corrected chi connectivity index (χ4v) is 4.87. The van der Waals surface area contributed by atoms with Gasteiger partial charge in [-0.15, -0.1) is 0 Å². The van der Waals surface area contributed by atoms with E-state index in [0.717, 1.165) is 0 Å². The number of halogens is 7. The number of hydrogen-bond acceptors (Lipinski definition) is 3. The Morgan fingerprint density at radius 2 is 1.57 bits per heavy atom. The minimum atomic E-state index is -5.00. The molecule has 0 bridgehead atoms. The fourth-order valence-electron chi connectivity index (χ4n) is 4.87. The second-order valence-corrected chi connectivity index (χ2v) is 9.63. The summed E-state index contributed by atoms with van der Waals surface area (Å²) in [7, 11) is 0. The molecule has 0 saturated carbocycles. The molecule has 4 aromatic rings. The zero-order valence-corrected chi connectivity index (χ0v) is 20.9. The predicted octanol–water partition coefficient (Wildman–Crippen LogP) is 7.13. The molecule has 12 heteroatoms. The van der Waals surface area contributed by atoms with E-state index < -0.39 is 53.3 Å². The molecule has 1 aromatic heterocycles. The van der Waals surface area contributed by atoms with Gasteiger partial charge in [-0.25, -0.2) is 9.37 Å². The number of carbonyl (C=O) groups excluding carboxylic acids is 1. The van der Waals surface area contributed by atoms with E-state index in [9.17, 15) is 35.5 Å². The number of hydrogen-bond donors (Lipinski definition) is 1. The van der Waals surface area contributed by atoms with Crippen LogP contribution >= 0.6 is 0 Å². The number of aromatic amines is 1. The van der Waals surface area contributed by atoms with Crippen LogP contribution in [0.3, 0.4) is 0 Å². The summed E-state index contributed by atoms with van der Waals surface area (Å²) in [6, 6.07) is 13.8. The molecule has 0 radical (unpaired) electrons. The van der Waals surface area contributed by atoms with Crippen LogP contribution in [0, 0.1) is 5.82 Å². The third-order valence-corrected chi connectivity index (χ3v) is 6.90. The first kappa shape index (κ1) is 27.6. The molecule has 5 rings (SSSR count). The van der Waals surface area contributed by atoms with Crippen molar-refractivity contribution < 1.29 is 40.3 Å². The van der Waals surface area contributed by atoms with E-state index >= 15 is 0 Å². The number of fused-ring (bicyclic) bond motifs is 1. The molecule has 1 N–H and O–H groups in total. The lowest BCUT2D eigenvalue weighted by Crippen LogP contribution is -2.31. The zero-order valence-electron chi connectivity index (χ0n) is 20.9. The smallest absolute Gasteiger partial charge is 0.368 e. The van der Waals surface area contributed by atoms with Gasteiger partial charge >= 0.3 is 12.4 Å². The molecule has 3 unspecified atom stereocenters. The molecule has 210 valence electrons. The molecular formula is C28H22F7N3O2. The van der Waals surface area contributed by atoms with Gasteiger partial charge < -0.3 is 14.6 Å². The predicted molar refractivity (Wildman–Crippen MR) is 131 cm³/mol. The van der Waals surface area contributed by atoms with Gasteiger partial charge in [0.05, 0.1) is 34.4 Å². The number of rotatable bonds is 5. The van der Waals surface area contributed by atoms with E-state index in [0.29, 0.717) is 28.7 Å². The summed E-state index contributed by atoms with van der Waals surface area (Å²) < 4.78 is 100. The van der Waals surface area contributed by atoms with Crippen molar-refractivity contribution in [3.8, 4) is 0 Å². The molecule has 5 nitrogen and oxygen atoms in total. The van der Waals surface area contributed by atoms with Crippen LogP contribution in [0.1, 0.15) is 51.8 Å². The van der Waals surface area contributed by atoms with E-state index in [1.165, 1.54) is 36.1 Å². The Morgan fingerprint density at radius 1 is 0.950 bits per heavy atom. The molecule has 3 atom stereocenters. The van der Waals surface area contributed by atoms with Crippen LogP contribution in [-0.2, 0) is 17.1 Å². The van der Waals surface area contributed by atoms with Gasteiger partial charge in [0.1, 0.15) is 5.82 Å². The van der Waals surface area contributed by atoms with Gasteiger partial charge in [0.15, 0.2) is 5.82 Å². The van der Waals surface area contributed by atoms with Crippen LogP contribution in [0.15, 0.2) is 66.7 Å². The van der Waals surface area contributed by atoms with Crippen LogP contribution in [0.25, 0.3) is 11.0 Å². The van der Waals surface area contributed by atoms with E-state index in [1.807, 2.05) is 0 Å². The molecule has 3 aromatic carbocycles. The third kappa shape index (κ3) is 5.67. The van der Waals surface area contributed by atoms with Crippen molar-refractivity contribution in [2.75, 3.05) is 13.1 Å². The van der Waals surface area contributed by atoms with Crippen molar-refractivity contribution in [2.24, 2.45) is 0 Å². The van der Waals surface area contributed by atoms with Crippen molar-refractivity contribution in [3.63, 3.8) is 0 Å². The number of carbonyl (C=O) groups is 1. The first-order chi connectivity index (χ1) is 18.8. The average Bonchev–Trinajstić information content (AvgIpc) is 3.52. The van der Waals surface area contributed by atoms with Crippen molar-refractivity contribution in [1.29, 1.82) is 0 Å². The van der Waals surface area contributed by atoms with Crippen LogP contribution < -0.4 is 0 Å². The van der Waals surface area contributed by atoms with E-state index in [-0.39, 0.29) is 30.5 Å². The highest BCUT2D eigenvalue weighted by molar-refractivity contribution is 5.94. The summed E-state index contributed by atoms with van der Waals surface area (Å²) in [6.07, 6.45) is -12.0. The number of amides is 1. The first-order valence-electron chi connectivity index (χ1n) is 12.2. The highest BCUT2D eigenvalue weighted by atomic mass is 19.4. The normalized spacial score (nSPS) is 18.9. The van der Waals surface area contributed by atoms with Crippen LogP contribution in [0.4, 0.5) is 30.7 Å². The number of alkyl halides is 6. The molecule has 40 heavy (non-hydrogen) atoms. The lowest BCUT2D eigenvalue weighted by atomic mass is 9.95. The monoisotopic (exact) mass is 565 g/mol. The summed E-state index contributed by atoms with van der Waals surface area (Å²) in [5.41, 5.74) is -1.40. The average molecular weight is 565 g/mol. The minimum absolute atomic E-state index is 0.0205. The maximum absolute atomic E-state index is 13.6. The van der Waals surface area contributed by atoms with Gasteiger partial charge in [-0.05, 0) is 60.5 Å². The summed E-state index contributed by atoms with van der Waals surface area (Å²) in [6.45, 7) is 1.43. The molecule has 1 aliphatic heterocycles. The molecular weight excluding hydrogens is 543 g/mol. The SMILES string of the molecule is CC(OC1CN(C(=O)c2nc3ccccc3[nH]2)CC1c1ccc(F)cc1)c1cc(C(F)(F)F)cc(C(F)(F)F)c1. The zero-order chi connectivity index (χ0) is 28.8. The second-order valence-electron chi connectivity index (χ2n) is 9.63. The molecule has 1 fully saturated rings. The van der Waals surface area contributed by atoms with Crippen LogP contribution in [-0.4, -0.2) is 40.0 Å². The fraction of sp³-hybridized carbons (Fsp3) is 0.286. The highest BCUT2D eigenvalue weighted by Crippen LogP contribution is 2.39. The summed E-state index contributed by atoms with van der Waals surface area (Å²) in [5, 5.41) is 0. The Hall–Kier alpha value is -3.93. The number of likely N-dealkylation sites (tertiary alicyclic amines) is 1. The van der Waals surface area contributed by atoms with E-state index in [4.69, 9.17) is 4.74 Å². The maximum atomic E-state index is 13.6. The number of nitrogens with one attached hydrogen (secondary N) is 1. The van der Waals surface area contributed by atoms with Gasteiger partial charge in [-0.2, -0.15) is 26.3 Å². The number of benzene rings is 3. The summed E-state index contributed by atoms with van der Waals surface area (Å²) in [5.74, 6) is -1.42. The number of nitrogens with zero attached hydrogens (tertiary/aromatic N) is 2. The Kier molecular flexibility index (Phi) is 7.07. The summed E-state index contributed by atoms with van der Waals surface area (Å²) >= 11 is 0. The number of imidazole rings is 1. The van der Waals surface area contributed by atoms with Gasteiger partial charge in [0.25, 0.3) is 5.91 Å². The minimum Gasteiger partial charge on any atom is -0.368 e. The number of H-pyrrole nitrogens is 1. The largest absolute Gasteiger partial charge is 0.416 e. The Morgan fingerprint density at radius 3 is 2.17 bits per heavy atom. The van der Waals surface area contributed by atoms with Crippen molar-refractivity contribution in [1.82, 2.24) is 14.9 Å². The number of aromatic nitrogens is 2. The van der Waals surface area contributed by atoms with Crippen LogP contribution in [0.2, 0.25) is 0 Å². The molecule has 2 heterocycles. The molecule has 0 aliphatic carbocycles. The highest BCUT2D eigenvalue weighted by Gasteiger charge is 2.41. The molecule has 0 spiro atoms. The lowest BCUT2D eigenvalue weighted by molar-refractivity contribution is -0.143. The topological polar surface area (TPSA) is 58.2 Å². The second kappa shape index (κ2) is 10.2. The maximum Gasteiger partial charge on any atom is 0.416 e. The van der Waals surface area contributed by atoms with Crippen molar-refractivity contribution >= 4 is 16.9 Å². The Balaban J connectivity index is 1.45. The van der Waals surface area contributed by atoms with Crippen molar-refractivity contribution in [2.45, 2.75) is 37.4 Å².